The number of amides is 2. The highest BCUT2D eigenvalue weighted by Gasteiger charge is 2.25. The van der Waals surface area contributed by atoms with Crippen LogP contribution >= 0.6 is 0 Å². The van der Waals surface area contributed by atoms with E-state index in [1.54, 1.807) is 27.7 Å². The zero-order valence-corrected chi connectivity index (χ0v) is 20.3. The quantitative estimate of drug-likeness (QED) is 0.218. The molecule has 0 aromatic heterocycles. The van der Waals surface area contributed by atoms with Gasteiger partial charge in [-0.2, -0.15) is 0 Å². The van der Waals surface area contributed by atoms with Crippen molar-refractivity contribution in [2.45, 2.75) is 78.3 Å². The van der Waals surface area contributed by atoms with Gasteiger partial charge in [0.05, 0.1) is 26.4 Å². The second-order valence-corrected chi connectivity index (χ2v) is 6.93. The van der Waals surface area contributed by atoms with E-state index in [9.17, 15) is 28.8 Å². The molecular weight excluding hydrogens is 452 g/mol. The third-order valence-electron chi connectivity index (χ3n) is 4.28. The van der Waals surface area contributed by atoms with E-state index < -0.39 is 47.8 Å². The third kappa shape index (κ3) is 14.1. The molecule has 2 N–H and O–H groups in total. The Morgan fingerprint density at radius 2 is 0.853 bits per heavy atom. The Morgan fingerprint density at radius 3 is 1.15 bits per heavy atom. The summed E-state index contributed by atoms with van der Waals surface area (Å²) in [6.45, 7) is 7.08. The van der Waals surface area contributed by atoms with Gasteiger partial charge >= 0.3 is 23.9 Å². The van der Waals surface area contributed by atoms with Gasteiger partial charge in [0.2, 0.25) is 11.8 Å². The summed E-state index contributed by atoms with van der Waals surface area (Å²) in [5, 5.41) is 4.90. The number of hydrogen-bond acceptors (Lipinski definition) is 10. The first kappa shape index (κ1) is 30.8. The van der Waals surface area contributed by atoms with Crippen molar-refractivity contribution in [3.05, 3.63) is 0 Å². The van der Waals surface area contributed by atoms with Gasteiger partial charge in [-0.25, -0.2) is 9.59 Å². The van der Waals surface area contributed by atoms with Gasteiger partial charge < -0.3 is 29.6 Å². The monoisotopic (exact) mass is 488 g/mol. The average Bonchev–Trinajstić information content (AvgIpc) is 2.78. The van der Waals surface area contributed by atoms with Crippen molar-refractivity contribution in [3.8, 4) is 0 Å². The second kappa shape index (κ2) is 18.3. The normalized spacial score (nSPS) is 12.0. The minimum absolute atomic E-state index is 0.0194. The van der Waals surface area contributed by atoms with Gasteiger partial charge in [-0.15, -0.1) is 0 Å². The van der Waals surface area contributed by atoms with Crippen molar-refractivity contribution >= 4 is 35.7 Å². The first-order chi connectivity index (χ1) is 16.2. The highest BCUT2D eigenvalue weighted by Crippen LogP contribution is 2.06. The molecule has 34 heavy (non-hydrogen) atoms. The molecule has 0 aromatic rings. The Bertz CT molecular complexity index is 637. The number of nitrogens with one attached hydrogen (secondary N) is 2. The fraction of sp³-hybridized carbons (Fsp3) is 0.727. The maximum Gasteiger partial charge on any atom is 0.328 e. The van der Waals surface area contributed by atoms with Crippen LogP contribution in [-0.2, 0) is 47.7 Å². The highest BCUT2D eigenvalue weighted by atomic mass is 16.5. The lowest BCUT2D eigenvalue weighted by molar-refractivity contribution is -0.150. The Labute approximate surface area is 199 Å². The molecule has 2 amide bonds. The summed E-state index contributed by atoms with van der Waals surface area (Å²) >= 11 is 0. The van der Waals surface area contributed by atoms with Crippen molar-refractivity contribution < 1.29 is 47.7 Å². The predicted octanol–water partition coefficient (Wildman–Crippen LogP) is 0.549. The first-order valence-electron chi connectivity index (χ1n) is 11.4. The molecule has 0 aliphatic carbocycles. The molecule has 2 atom stereocenters. The van der Waals surface area contributed by atoms with Crippen LogP contribution in [0.1, 0.15) is 66.2 Å². The molecule has 0 radical (unpaired) electrons. The Kier molecular flexibility index (Phi) is 16.6. The van der Waals surface area contributed by atoms with Gasteiger partial charge in [0, 0.05) is 25.7 Å². The molecule has 0 aromatic carbocycles. The largest absolute Gasteiger partial charge is 0.466 e. The van der Waals surface area contributed by atoms with Crippen LogP contribution in [0.15, 0.2) is 0 Å². The Hall–Kier alpha value is -3.18. The lowest BCUT2D eigenvalue weighted by Crippen LogP contribution is -2.44. The second-order valence-electron chi connectivity index (χ2n) is 6.93. The Balaban J connectivity index is 4.82. The SMILES string of the molecule is CCOC(=O)CC[C@H](NC(=O)CCC(=O)N[C@H](CCC(=O)OCC)C(=O)OCC)C(=O)OCC. The van der Waals surface area contributed by atoms with Crippen LogP contribution in [0, 0.1) is 0 Å². The van der Waals surface area contributed by atoms with Crippen molar-refractivity contribution in [1.29, 1.82) is 0 Å². The summed E-state index contributed by atoms with van der Waals surface area (Å²) in [6, 6.07) is -2.14. The van der Waals surface area contributed by atoms with Crippen molar-refractivity contribution in [2.24, 2.45) is 0 Å². The summed E-state index contributed by atoms with van der Waals surface area (Å²) in [6.07, 6.45) is -0.800. The number of carbonyl (C=O) groups is 6. The minimum Gasteiger partial charge on any atom is -0.466 e. The highest BCUT2D eigenvalue weighted by molar-refractivity contribution is 5.89. The number of esters is 4. The van der Waals surface area contributed by atoms with Crippen LogP contribution in [0.2, 0.25) is 0 Å². The molecule has 194 valence electrons. The standard InChI is InChI=1S/C22H36N2O10/c1-5-31-19(27)13-9-15(21(29)33-7-3)23-17(25)11-12-18(26)24-16(22(30)34-8-4)10-14-20(28)32-6-2/h15-16H,5-14H2,1-4H3,(H,23,25)(H,24,26)/t15-,16+. The van der Waals surface area contributed by atoms with Gasteiger partial charge in [-0.3, -0.25) is 19.2 Å². The maximum absolute atomic E-state index is 12.3. The van der Waals surface area contributed by atoms with Gasteiger partial charge in [0.25, 0.3) is 0 Å². The fourth-order valence-electron chi connectivity index (χ4n) is 2.73. The topological polar surface area (TPSA) is 163 Å². The molecular formula is C22H36N2O10. The van der Waals surface area contributed by atoms with Crippen LogP contribution < -0.4 is 10.6 Å². The van der Waals surface area contributed by atoms with Crippen LogP contribution in [0.25, 0.3) is 0 Å². The molecule has 12 heteroatoms. The molecule has 0 aliphatic rings. The fourth-order valence-corrected chi connectivity index (χ4v) is 2.73. The first-order valence-corrected chi connectivity index (χ1v) is 11.4. The maximum atomic E-state index is 12.3. The molecule has 0 aliphatic heterocycles. The molecule has 12 nitrogen and oxygen atoms in total. The molecule has 0 saturated carbocycles. The molecule has 0 heterocycles. The van der Waals surface area contributed by atoms with Gasteiger partial charge in [0.15, 0.2) is 0 Å². The van der Waals surface area contributed by atoms with Crippen molar-refractivity contribution in [3.63, 3.8) is 0 Å². The van der Waals surface area contributed by atoms with E-state index in [-0.39, 0.29) is 65.0 Å². The van der Waals surface area contributed by atoms with E-state index in [0.717, 1.165) is 0 Å². The zero-order valence-electron chi connectivity index (χ0n) is 20.3. The number of rotatable bonds is 17. The molecule has 0 saturated heterocycles. The summed E-state index contributed by atoms with van der Waals surface area (Å²) in [4.78, 5) is 71.8. The number of hydrogen-bond donors (Lipinski definition) is 2. The van der Waals surface area contributed by atoms with E-state index in [1.165, 1.54) is 0 Å². The summed E-state index contributed by atoms with van der Waals surface area (Å²) in [5.41, 5.74) is 0. The van der Waals surface area contributed by atoms with E-state index in [1.807, 2.05) is 0 Å². The van der Waals surface area contributed by atoms with Gasteiger partial charge in [-0.05, 0) is 40.5 Å². The third-order valence-corrected chi connectivity index (χ3v) is 4.28. The van der Waals surface area contributed by atoms with Crippen LogP contribution in [-0.4, -0.2) is 74.2 Å². The molecule has 0 fully saturated rings. The smallest absolute Gasteiger partial charge is 0.328 e. The average molecular weight is 489 g/mol. The van der Waals surface area contributed by atoms with Crippen molar-refractivity contribution in [1.82, 2.24) is 10.6 Å². The Morgan fingerprint density at radius 1 is 0.529 bits per heavy atom. The van der Waals surface area contributed by atoms with E-state index >= 15 is 0 Å². The van der Waals surface area contributed by atoms with Crippen molar-refractivity contribution in [2.75, 3.05) is 26.4 Å². The van der Waals surface area contributed by atoms with Crippen LogP contribution in [0.4, 0.5) is 0 Å². The molecule has 0 spiro atoms. The van der Waals surface area contributed by atoms with Gasteiger partial charge in [0.1, 0.15) is 12.1 Å². The minimum atomic E-state index is -1.07. The summed E-state index contributed by atoms with van der Waals surface area (Å²) in [5.74, 6) is -3.67. The lowest BCUT2D eigenvalue weighted by atomic mass is 10.1. The number of ether oxygens (including phenoxy) is 4. The predicted molar refractivity (Wildman–Crippen MR) is 118 cm³/mol. The molecule has 0 bridgehead atoms. The van der Waals surface area contributed by atoms with E-state index in [0.29, 0.717) is 0 Å². The van der Waals surface area contributed by atoms with Crippen LogP contribution in [0.5, 0.6) is 0 Å². The van der Waals surface area contributed by atoms with E-state index in [4.69, 9.17) is 18.9 Å². The molecule has 0 rings (SSSR count). The summed E-state index contributed by atoms with van der Waals surface area (Å²) in [7, 11) is 0. The zero-order chi connectivity index (χ0) is 25.9. The van der Waals surface area contributed by atoms with Crippen LogP contribution in [0.3, 0.4) is 0 Å². The van der Waals surface area contributed by atoms with Gasteiger partial charge in [-0.1, -0.05) is 0 Å². The molecule has 0 unspecified atom stereocenters. The summed E-state index contributed by atoms with van der Waals surface area (Å²) < 4.78 is 19.5. The van der Waals surface area contributed by atoms with E-state index in [2.05, 4.69) is 10.6 Å². The number of carbonyl (C=O) groups excluding carboxylic acids is 6. The lowest BCUT2D eigenvalue weighted by Gasteiger charge is -2.18.